The standard InChI is InChI=1S/C15H12Br2N2/c1-19(10-11-3-2-4-13(16)5-11)15-7-12(9-18)6-14(17)8-15/h2-8H,10H2,1H3. The maximum atomic E-state index is 9.00. The molecular weight excluding hydrogens is 368 g/mol. The van der Waals surface area contributed by atoms with Crippen molar-refractivity contribution in [1.82, 2.24) is 0 Å². The molecule has 0 aliphatic heterocycles. The fourth-order valence-corrected chi connectivity index (χ4v) is 2.79. The molecule has 0 unspecified atom stereocenters. The Bertz CT molecular complexity index is 632. The monoisotopic (exact) mass is 378 g/mol. The molecule has 2 nitrogen and oxygen atoms in total. The van der Waals surface area contributed by atoms with E-state index in [4.69, 9.17) is 5.26 Å². The third kappa shape index (κ3) is 3.82. The second-order valence-electron chi connectivity index (χ2n) is 4.30. The molecule has 2 rings (SSSR count). The van der Waals surface area contributed by atoms with E-state index < -0.39 is 0 Å². The maximum Gasteiger partial charge on any atom is 0.0992 e. The molecule has 0 fully saturated rings. The first-order valence-corrected chi connectivity index (χ1v) is 7.33. The molecule has 96 valence electrons. The summed E-state index contributed by atoms with van der Waals surface area (Å²) in [5, 5.41) is 9.00. The molecule has 0 spiro atoms. The van der Waals surface area contributed by atoms with Crippen molar-refractivity contribution in [3.8, 4) is 6.07 Å². The molecule has 2 aromatic rings. The van der Waals surface area contributed by atoms with Gasteiger partial charge in [0.15, 0.2) is 0 Å². The van der Waals surface area contributed by atoms with E-state index in [9.17, 15) is 0 Å². The lowest BCUT2D eigenvalue weighted by Crippen LogP contribution is -2.16. The minimum Gasteiger partial charge on any atom is -0.370 e. The van der Waals surface area contributed by atoms with Gasteiger partial charge in [0, 0.05) is 28.2 Å². The second kappa shape index (κ2) is 6.23. The van der Waals surface area contributed by atoms with Crippen LogP contribution in [0.1, 0.15) is 11.1 Å². The average Bonchev–Trinajstić information content (AvgIpc) is 2.38. The molecule has 0 saturated heterocycles. The van der Waals surface area contributed by atoms with Gasteiger partial charge in [0.05, 0.1) is 11.6 Å². The zero-order valence-corrected chi connectivity index (χ0v) is 13.6. The Labute approximate surface area is 129 Å². The van der Waals surface area contributed by atoms with Crippen LogP contribution in [-0.4, -0.2) is 7.05 Å². The quantitative estimate of drug-likeness (QED) is 0.771. The fraction of sp³-hybridized carbons (Fsp3) is 0.133. The lowest BCUT2D eigenvalue weighted by molar-refractivity contribution is 0.921. The Morgan fingerprint density at radius 3 is 2.58 bits per heavy atom. The van der Waals surface area contributed by atoms with E-state index >= 15 is 0 Å². The van der Waals surface area contributed by atoms with Crippen molar-refractivity contribution in [1.29, 1.82) is 5.26 Å². The fourth-order valence-electron chi connectivity index (χ4n) is 1.86. The predicted octanol–water partition coefficient (Wildman–Crippen LogP) is 4.72. The van der Waals surface area contributed by atoms with E-state index in [1.165, 1.54) is 5.56 Å². The Kier molecular flexibility index (Phi) is 4.62. The van der Waals surface area contributed by atoms with Gasteiger partial charge in [0.2, 0.25) is 0 Å². The highest BCUT2D eigenvalue weighted by Gasteiger charge is 2.05. The smallest absolute Gasteiger partial charge is 0.0992 e. The summed E-state index contributed by atoms with van der Waals surface area (Å²) in [5.41, 5.74) is 2.90. The summed E-state index contributed by atoms with van der Waals surface area (Å²) < 4.78 is 1.99. The predicted molar refractivity (Wildman–Crippen MR) is 85.1 cm³/mol. The molecule has 0 radical (unpaired) electrons. The van der Waals surface area contributed by atoms with Crippen molar-refractivity contribution in [2.24, 2.45) is 0 Å². The minimum absolute atomic E-state index is 0.658. The summed E-state index contributed by atoms with van der Waals surface area (Å²) in [6, 6.07) is 16.1. The Morgan fingerprint density at radius 1 is 1.11 bits per heavy atom. The molecule has 4 heteroatoms. The van der Waals surface area contributed by atoms with Gasteiger partial charge in [0.25, 0.3) is 0 Å². The number of hydrogen-bond donors (Lipinski definition) is 0. The van der Waals surface area contributed by atoms with Crippen molar-refractivity contribution in [3.63, 3.8) is 0 Å². The number of halogens is 2. The van der Waals surface area contributed by atoms with E-state index in [-0.39, 0.29) is 0 Å². The second-order valence-corrected chi connectivity index (χ2v) is 6.13. The molecule has 0 N–H and O–H groups in total. The molecule has 0 atom stereocenters. The third-order valence-corrected chi connectivity index (χ3v) is 3.71. The van der Waals surface area contributed by atoms with Crippen LogP contribution in [0.4, 0.5) is 5.69 Å². The summed E-state index contributed by atoms with van der Waals surface area (Å²) in [6.45, 7) is 0.792. The third-order valence-electron chi connectivity index (χ3n) is 2.76. The van der Waals surface area contributed by atoms with Gasteiger partial charge in [-0.05, 0) is 35.9 Å². The van der Waals surface area contributed by atoms with Crippen LogP contribution in [0.2, 0.25) is 0 Å². The molecule has 2 aromatic carbocycles. The van der Waals surface area contributed by atoms with Gasteiger partial charge in [0.1, 0.15) is 0 Å². The lowest BCUT2D eigenvalue weighted by Gasteiger charge is -2.20. The van der Waals surface area contributed by atoms with E-state index in [1.807, 2.05) is 37.4 Å². The molecule has 0 amide bonds. The maximum absolute atomic E-state index is 9.00. The first-order chi connectivity index (χ1) is 9.08. The molecule has 0 aliphatic carbocycles. The van der Waals surface area contributed by atoms with Crippen molar-refractivity contribution in [2.45, 2.75) is 6.54 Å². The summed E-state index contributed by atoms with van der Waals surface area (Å²) in [7, 11) is 2.02. The normalized spacial score (nSPS) is 10.0. The van der Waals surface area contributed by atoms with Crippen LogP contribution in [0, 0.1) is 11.3 Å². The van der Waals surface area contributed by atoms with E-state index in [0.29, 0.717) is 5.56 Å². The van der Waals surface area contributed by atoms with Crippen LogP contribution in [0.5, 0.6) is 0 Å². The van der Waals surface area contributed by atoms with Gasteiger partial charge < -0.3 is 4.90 Å². The minimum atomic E-state index is 0.658. The van der Waals surface area contributed by atoms with Crippen LogP contribution in [0.25, 0.3) is 0 Å². The van der Waals surface area contributed by atoms with Crippen molar-refractivity contribution >= 4 is 37.5 Å². The lowest BCUT2D eigenvalue weighted by atomic mass is 10.1. The Morgan fingerprint density at radius 2 is 1.89 bits per heavy atom. The van der Waals surface area contributed by atoms with Gasteiger partial charge in [-0.25, -0.2) is 0 Å². The number of benzene rings is 2. The van der Waals surface area contributed by atoms with E-state index in [1.54, 1.807) is 0 Å². The highest BCUT2D eigenvalue weighted by Crippen LogP contribution is 2.23. The van der Waals surface area contributed by atoms with Gasteiger partial charge in [-0.3, -0.25) is 0 Å². The van der Waals surface area contributed by atoms with Crippen LogP contribution in [0.3, 0.4) is 0 Å². The summed E-state index contributed by atoms with van der Waals surface area (Å²) in [5.74, 6) is 0. The number of rotatable bonds is 3. The zero-order chi connectivity index (χ0) is 13.8. The number of nitrogens with zero attached hydrogens (tertiary/aromatic N) is 2. The van der Waals surface area contributed by atoms with Gasteiger partial charge in [-0.15, -0.1) is 0 Å². The first kappa shape index (κ1) is 14.1. The van der Waals surface area contributed by atoms with Crippen molar-refractivity contribution < 1.29 is 0 Å². The molecular formula is C15H12Br2N2. The topological polar surface area (TPSA) is 27.0 Å². The van der Waals surface area contributed by atoms with E-state index in [2.05, 4.69) is 55.0 Å². The highest BCUT2D eigenvalue weighted by atomic mass is 79.9. The zero-order valence-electron chi connectivity index (χ0n) is 10.4. The van der Waals surface area contributed by atoms with Gasteiger partial charge >= 0.3 is 0 Å². The summed E-state index contributed by atoms with van der Waals surface area (Å²) in [6.07, 6.45) is 0. The van der Waals surface area contributed by atoms with Crippen LogP contribution in [-0.2, 0) is 6.54 Å². The Balaban J connectivity index is 2.23. The Hall–Kier alpha value is -1.31. The highest BCUT2D eigenvalue weighted by molar-refractivity contribution is 9.10. The first-order valence-electron chi connectivity index (χ1n) is 5.75. The van der Waals surface area contributed by atoms with Crippen molar-refractivity contribution in [2.75, 3.05) is 11.9 Å². The van der Waals surface area contributed by atoms with Crippen LogP contribution in [0.15, 0.2) is 51.4 Å². The van der Waals surface area contributed by atoms with Crippen LogP contribution < -0.4 is 4.90 Å². The van der Waals surface area contributed by atoms with E-state index in [0.717, 1.165) is 21.2 Å². The molecule has 19 heavy (non-hydrogen) atoms. The van der Waals surface area contributed by atoms with Gasteiger partial charge in [-0.2, -0.15) is 5.26 Å². The number of nitriles is 1. The van der Waals surface area contributed by atoms with Crippen molar-refractivity contribution in [3.05, 3.63) is 62.5 Å². The summed E-state index contributed by atoms with van der Waals surface area (Å²) in [4.78, 5) is 2.12. The molecule has 0 aromatic heterocycles. The number of anilines is 1. The largest absolute Gasteiger partial charge is 0.370 e. The molecule has 0 saturated carbocycles. The summed E-state index contributed by atoms with van der Waals surface area (Å²) >= 11 is 6.91. The van der Waals surface area contributed by atoms with Crippen LogP contribution >= 0.6 is 31.9 Å². The van der Waals surface area contributed by atoms with Gasteiger partial charge in [-0.1, -0.05) is 44.0 Å². The average molecular weight is 380 g/mol. The number of hydrogen-bond acceptors (Lipinski definition) is 2. The molecule has 0 aliphatic rings. The SMILES string of the molecule is CN(Cc1cccc(Br)c1)c1cc(Br)cc(C#N)c1. The molecule has 0 heterocycles. The molecule has 0 bridgehead atoms.